The molecule has 106 valence electrons. The first-order chi connectivity index (χ1) is 8.56. The summed E-state index contributed by atoms with van der Waals surface area (Å²) < 4.78 is 0. The van der Waals surface area contributed by atoms with E-state index in [1.807, 2.05) is 32.0 Å². The standard InChI is InChI=1S/C14H21N3O.ClH/c1-10-4-3-5-13(11(10)2)16-14(18)9-17-7-6-12(15)8-17;/h3-5,12H,6-9,15H2,1-2H3,(H,16,18);1H. The smallest absolute Gasteiger partial charge is 0.238 e. The molecule has 0 aromatic heterocycles. The molecule has 1 aromatic rings. The molecule has 19 heavy (non-hydrogen) atoms. The maximum Gasteiger partial charge on any atom is 0.238 e. The summed E-state index contributed by atoms with van der Waals surface area (Å²) in [6.45, 7) is 6.24. The third-order valence-electron chi connectivity index (χ3n) is 3.55. The van der Waals surface area contributed by atoms with E-state index in [0.717, 1.165) is 30.8 Å². The lowest BCUT2D eigenvalue weighted by Gasteiger charge is -2.16. The molecule has 0 saturated carbocycles. The number of amides is 1. The normalized spacial score (nSPS) is 19.0. The second-order valence-corrected chi connectivity index (χ2v) is 5.08. The highest BCUT2D eigenvalue weighted by molar-refractivity contribution is 5.93. The highest BCUT2D eigenvalue weighted by Crippen LogP contribution is 2.18. The van der Waals surface area contributed by atoms with Gasteiger partial charge in [-0.05, 0) is 37.5 Å². The molecule has 4 nitrogen and oxygen atoms in total. The van der Waals surface area contributed by atoms with Gasteiger partial charge in [0, 0.05) is 24.8 Å². The van der Waals surface area contributed by atoms with E-state index in [0.29, 0.717) is 6.54 Å². The third-order valence-corrected chi connectivity index (χ3v) is 3.55. The first kappa shape index (κ1) is 16.0. The van der Waals surface area contributed by atoms with Crippen LogP contribution in [0.3, 0.4) is 0 Å². The summed E-state index contributed by atoms with van der Waals surface area (Å²) in [5.74, 6) is 0.0396. The molecule has 1 unspecified atom stereocenters. The fourth-order valence-electron chi connectivity index (χ4n) is 2.29. The molecule has 1 saturated heterocycles. The summed E-state index contributed by atoms with van der Waals surface area (Å²) >= 11 is 0. The molecular weight excluding hydrogens is 262 g/mol. The average molecular weight is 284 g/mol. The number of rotatable bonds is 3. The molecule has 1 amide bonds. The van der Waals surface area contributed by atoms with E-state index in [1.165, 1.54) is 5.56 Å². The van der Waals surface area contributed by atoms with Crippen LogP contribution < -0.4 is 11.1 Å². The minimum absolute atomic E-state index is 0. The number of halogens is 1. The molecule has 0 bridgehead atoms. The maximum atomic E-state index is 11.9. The Bertz CT molecular complexity index is 450. The van der Waals surface area contributed by atoms with Crippen molar-refractivity contribution in [2.24, 2.45) is 5.73 Å². The fraction of sp³-hybridized carbons (Fsp3) is 0.500. The van der Waals surface area contributed by atoms with Gasteiger partial charge in [0.1, 0.15) is 0 Å². The number of carbonyl (C=O) groups excluding carboxylic acids is 1. The number of aryl methyl sites for hydroxylation is 1. The highest BCUT2D eigenvalue weighted by atomic mass is 35.5. The number of benzene rings is 1. The summed E-state index contributed by atoms with van der Waals surface area (Å²) in [4.78, 5) is 14.0. The lowest BCUT2D eigenvalue weighted by molar-refractivity contribution is -0.117. The largest absolute Gasteiger partial charge is 0.326 e. The molecule has 1 aromatic carbocycles. The van der Waals surface area contributed by atoms with Gasteiger partial charge in [-0.2, -0.15) is 0 Å². The molecule has 5 heteroatoms. The predicted molar refractivity (Wildman–Crippen MR) is 80.8 cm³/mol. The number of nitrogens with zero attached hydrogens (tertiary/aromatic N) is 1. The van der Waals surface area contributed by atoms with Gasteiger partial charge < -0.3 is 11.1 Å². The van der Waals surface area contributed by atoms with Crippen molar-refractivity contribution in [2.45, 2.75) is 26.3 Å². The van der Waals surface area contributed by atoms with Crippen LogP contribution in [-0.2, 0) is 4.79 Å². The van der Waals surface area contributed by atoms with Crippen LogP contribution in [0.4, 0.5) is 5.69 Å². The van der Waals surface area contributed by atoms with Gasteiger partial charge in [-0.15, -0.1) is 12.4 Å². The van der Waals surface area contributed by atoms with Crippen molar-refractivity contribution < 1.29 is 4.79 Å². The Morgan fingerprint density at radius 3 is 2.84 bits per heavy atom. The molecule has 0 aliphatic carbocycles. The summed E-state index contributed by atoms with van der Waals surface area (Å²) in [7, 11) is 0. The Morgan fingerprint density at radius 2 is 2.21 bits per heavy atom. The number of likely N-dealkylation sites (tertiary alicyclic amines) is 1. The van der Waals surface area contributed by atoms with Crippen molar-refractivity contribution >= 4 is 24.0 Å². The van der Waals surface area contributed by atoms with Crippen molar-refractivity contribution in [3.8, 4) is 0 Å². The summed E-state index contributed by atoms with van der Waals surface area (Å²) in [6, 6.07) is 6.17. The molecule has 0 spiro atoms. The van der Waals surface area contributed by atoms with Crippen molar-refractivity contribution in [1.82, 2.24) is 4.90 Å². The molecule has 1 heterocycles. The molecule has 1 aliphatic heterocycles. The number of nitrogens with two attached hydrogens (primary N) is 1. The SMILES string of the molecule is Cc1cccc(NC(=O)CN2CCC(N)C2)c1C.Cl. The van der Waals surface area contributed by atoms with E-state index in [4.69, 9.17) is 5.73 Å². The Labute approximate surface area is 120 Å². The van der Waals surface area contributed by atoms with E-state index >= 15 is 0 Å². The third kappa shape index (κ3) is 4.20. The van der Waals surface area contributed by atoms with E-state index in [9.17, 15) is 4.79 Å². The first-order valence-corrected chi connectivity index (χ1v) is 6.40. The Morgan fingerprint density at radius 1 is 1.47 bits per heavy atom. The van der Waals surface area contributed by atoms with Gasteiger partial charge in [-0.25, -0.2) is 0 Å². The van der Waals surface area contributed by atoms with Crippen LogP contribution in [0.1, 0.15) is 17.5 Å². The topological polar surface area (TPSA) is 58.4 Å². The van der Waals surface area contributed by atoms with E-state index in [2.05, 4.69) is 10.2 Å². The summed E-state index contributed by atoms with van der Waals surface area (Å²) in [5.41, 5.74) is 9.05. The Balaban J connectivity index is 0.00000180. The van der Waals surface area contributed by atoms with E-state index < -0.39 is 0 Å². The lowest BCUT2D eigenvalue weighted by atomic mass is 10.1. The van der Waals surface area contributed by atoms with E-state index in [-0.39, 0.29) is 24.4 Å². The zero-order valence-electron chi connectivity index (χ0n) is 11.5. The monoisotopic (exact) mass is 283 g/mol. The van der Waals surface area contributed by atoms with Crippen LogP contribution in [0.15, 0.2) is 18.2 Å². The molecular formula is C14H22ClN3O. The highest BCUT2D eigenvalue weighted by Gasteiger charge is 2.21. The second kappa shape index (κ2) is 6.89. The van der Waals surface area contributed by atoms with Crippen LogP contribution in [-0.4, -0.2) is 36.5 Å². The predicted octanol–water partition coefficient (Wildman–Crippen LogP) is 1.70. The van der Waals surface area contributed by atoms with Gasteiger partial charge >= 0.3 is 0 Å². The van der Waals surface area contributed by atoms with Gasteiger partial charge in [-0.1, -0.05) is 12.1 Å². The minimum Gasteiger partial charge on any atom is -0.326 e. The summed E-state index contributed by atoms with van der Waals surface area (Å²) in [6.07, 6.45) is 0.983. The molecule has 0 radical (unpaired) electrons. The minimum atomic E-state index is 0. The van der Waals surface area contributed by atoms with Gasteiger partial charge in [0.25, 0.3) is 0 Å². The lowest BCUT2D eigenvalue weighted by Crippen LogP contribution is -2.33. The van der Waals surface area contributed by atoms with Crippen LogP contribution in [0.2, 0.25) is 0 Å². The molecule has 3 N–H and O–H groups in total. The number of carbonyl (C=O) groups is 1. The van der Waals surface area contributed by atoms with E-state index in [1.54, 1.807) is 0 Å². The second-order valence-electron chi connectivity index (χ2n) is 5.08. The van der Waals surface area contributed by atoms with Crippen LogP contribution in [0.25, 0.3) is 0 Å². The fourth-order valence-corrected chi connectivity index (χ4v) is 2.29. The maximum absolute atomic E-state index is 11.9. The molecule has 1 fully saturated rings. The first-order valence-electron chi connectivity index (χ1n) is 6.40. The molecule has 2 rings (SSSR count). The van der Waals surface area contributed by atoms with Gasteiger partial charge in [0.05, 0.1) is 6.54 Å². The Kier molecular flexibility index (Phi) is 5.79. The van der Waals surface area contributed by atoms with Gasteiger partial charge in [0.15, 0.2) is 0 Å². The number of hydrogen-bond donors (Lipinski definition) is 2. The van der Waals surface area contributed by atoms with Crippen molar-refractivity contribution in [3.05, 3.63) is 29.3 Å². The van der Waals surface area contributed by atoms with Crippen molar-refractivity contribution in [3.63, 3.8) is 0 Å². The zero-order valence-corrected chi connectivity index (χ0v) is 12.3. The molecule has 1 atom stereocenters. The van der Waals surface area contributed by atoms with Crippen LogP contribution >= 0.6 is 12.4 Å². The quantitative estimate of drug-likeness (QED) is 0.888. The van der Waals surface area contributed by atoms with Crippen molar-refractivity contribution in [1.29, 1.82) is 0 Å². The Hall–Kier alpha value is -1.10. The average Bonchev–Trinajstić information content (AvgIpc) is 2.70. The van der Waals surface area contributed by atoms with Crippen molar-refractivity contribution in [2.75, 3.05) is 25.0 Å². The van der Waals surface area contributed by atoms with Crippen LogP contribution in [0, 0.1) is 13.8 Å². The number of anilines is 1. The van der Waals surface area contributed by atoms with Gasteiger partial charge in [-0.3, -0.25) is 9.69 Å². The van der Waals surface area contributed by atoms with Crippen LogP contribution in [0.5, 0.6) is 0 Å². The summed E-state index contributed by atoms with van der Waals surface area (Å²) in [5, 5.41) is 2.97. The van der Waals surface area contributed by atoms with Gasteiger partial charge in [0.2, 0.25) is 5.91 Å². The number of hydrogen-bond acceptors (Lipinski definition) is 3. The zero-order chi connectivity index (χ0) is 13.1. The number of nitrogens with one attached hydrogen (secondary N) is 1. The molecule has 1 aliphatic rings.